The smallest absolute Gasteiger partial charge is 0.0443 e. The molecule has 0 aliphatic heterocycles. The zero-order valence-corrected chi connectivity index (χ0v) is 10.4. The van der Waals surface area contributed by atoms with Gasteiger partial charge in [-0.25, -0.2) is 0 Å². The maximum Gasteiger partial charge on any atom is -0.0443 e. The van der Waals surface area contributed by atoms with Crippen molar-refractivity contribution in [2.24, 2.45) is 5.92 Å². The first-order valence-electron chi connectivity index (χ1n) is 6.60. The van der Waals surface area contributed by atoms with Crippen LogP contribution in [0.25, 0.3) is 0 Å². The molecule has 0 amide bonds. The van der Waals surface area contributed by atoms with Gasteiger partial charge in [-0.05, 0) is 5.92 Å². The summed E-state index contributed by atoms with van der Waals surface area (Å²) in [5.74, 6) is 0.947. The van der Waals surface area contributed by atoms with Gasteiger partial charge in [0.2, 0.25) is 0 Å². The van der Waals surface area contributed by atoms with Gasteiger partial charge in [0.15, 0.2) is 0 Å². The van der Waals surface area contributed by atoms with Crippen LogP contribution in [-0.2, 0) is 0 Å². The molecule has 0 aliphatic carbocycles. The summed E-state index contributed by atoms with van der Waals surface area (Å²) in [6.07, 6.45) is 13.8. The van der Waals surface area contributed by atoms with Crippen molar-refractivity contribution in [3.63, 3.8) is 0 Å². The van der Waals surface area contributed by atoms with Crippen LogP contribution in [0.15, 0.2) is 0 Å². The molecule has 0 nitrogen and oxygen atoms in total. The highest BCUT2D eigenvalue weighted by Crippen LogP contribution is 2.17. The summed E-state index contributed by atoms with van der Waals surface area (Å²) in [5.41, 5.74) is 0. The summed E-state index contributed by atoms with van der Waals surface area (Å²) in [7, 11) is 0. The van der Waals surface area contributed by atoms with Gasteiger partial charge in [-0.1, -0.05) is 85.0 Å². The first-order valence-corrected chi connectivity index (χ1v) is 6.60. The van der Waals surface area contributed by atoms with E-state index in [0.717, 1.165) is 12.3 Å². The lowest BCUT2D eigenvalue weighted by Crippen LogP contribution is -1.94. The van der Waals surface area contributed by atoms with Crippen LogP contribution in [0.2, 0.25) is 0 Å². The Labute approximate surface area is 91.5 Å². The third-order valence-corrected chi connectivity index (χ3v) is 3.00. The van der Waals surface area contributed by atoms with Crippen molar-refractivity contribution in [1.29, 1.82) is 0 Å². The molecule has 0 saturated heterocycles. The van der Waals surface area contributed by atoms with Gasteiger partial charge in [0, 0.05) is 0 Å². The van der Waals surface area contributed by atoms with E-state index in [9.17, 15) is 0 Å². The second-order valence-corrected chi connectivity index (χ2v) is 4.66. The van der Waals surface area contributed by atoms with E-state index >= 15 is 0 Å². The van der Waals surface area contributed by atoms with Crippen molar-refractivity contribution in [2.45, 2.75) is 78.1 Å². The van der Waals surface area contributed by atoms with Gasteiger partial charge in [0.05, 0.1) is 0 Å². The number of rotatable bonds is 10. The zero-order chi connectivity index (χ0) is 10.6. The van der Waals surface area contributed by atoms with Gasteiger partial charge in [-0.2, -0.15) is 0 Å². The molecule has 0 aromatic heterocycles. The molecule has 0 saturated carbocycles. The molecule has 0 aromatic rings. The normalized spacial score (nSPS) is 13.1. The molecule has 1 atom stereocenters. The molecule has 1 radical (unpaired) electrons. The summed E-state index contributed by atoms with van der Waals surface area (Å²) in [6, 6.07) is 0. The van der Waals surface area contributed by atoms with Gasteiger partial charge in [-0.15, -0.1) is 0 Å². The van der Waals surface area contributed by atoms with Crippen molar-refractivity contribution < 1.29 is 0 Å². The van der Waals surface area contributed by atoms with Crippen LogP contribution in [-0.4, -0.2) is 0 Å². The largest absolute Gasteiger partial charge is 0.0654 e. The van der Waals surface area contributed by atoms with E-state index in [2.05, 4.69) is 20.8 Å². The molecular formula is C14H29. The predicted octanol–water partition coefficient (Wildman–Crippen LogP) is 5.38. The van der Waals surface area contributed by atoms with Gasteiger partial charge < -0.3 is 0 Å². The third-order valence-electron chi connectivity index (χ3n) is 3.00. The lowest BCUT2D eigenvalue weighted by Gasteiger charge is -2.10. The fourth-order valence-corrected chi connectivity index (χ4v) is 1.91. The molecule has 0 N–H and O–H groups in total. The summed E-state index contributed by atoms with van der Waals surface area (Å²) in [4.78, 5) is 0. The Balaban J connectivity index is 3.06. The minimum Gasteiger partial charge on any atom is -0.0654 e. The van der Waals surface area contributed by atoms with Gasteiger partial charge in [0.1, 0.15) is 0 Å². The first kappa shape index (κ1) is 14.0. The molecular weight excluding hydrogens is 168 g/mol. The summed E-state index contributed by atoms with van der Waals surface area (Å²) >= 11 is 0. The van der Waals surface area contributed by atoms with Crippen molar-refractivity contribution in [3.8, 4) is 0 Å². The molecule has 0 fully saturated rings. The van der Waals surface area contributed by atoms with Crippen LogP contribution in [0.5, 0.6) is 0 Å². The quantitative estimate of drug-likeness (QED) is 0.413. The highest BCUT2D eigenvalue weighted by Gasteiger charge is 2.00. The third kappa shape index (κ3) is 10.1. The van der Waals surface area contributed by atoms with Crippen LogP contribution >= 0.6 is 0 Å². The number of hydrogen-bond donors (Lipinski definition) is 0. The average Bonchev–Trinajstić information content (AvgIpc) is 2.18. The van der Waals surface area contributed by atoms with Gasteiger partial charge >= 0.3 is 0 Å². The summed E-state index contributed by atoms with van der Waals surface area (Å²) in [5, 5.41) is 0. The minimum absolute atomic E-state index is 0.947. The molecule has 0 bridgehead atoms. The Morgan fingerprint density at radius 2 is 1.43 bits per heavy atom. The van der Waals surface area contributed by atoms with Gasteiger partial charge in [0.25, 0.3) is 0 Å². The Morgan fingerprint density at radius 3 is 2.00 bits per heavy atom. The van der Waals surface area contributed by atoms with Crippen molar-refractivity contribution in [3.05, 3.63) is 6.92 Å². The maximum atomic E-state index is 3.88. The lowest BCUT2D eigenvalue weighted by atomic mass is 9.96. The molecule has 0 aromatic carbocycles. The number of hydrogen-bond acceptors (Lipinski definition) is 0. The standard InChI is InChI=1S/C14H29/c1-4-6-8-9-11-13-14(3)12-10-7-5-2/h14H,2,4-13H2,1,3H3. The van der Waals surface area contributed by atoms with Crippen LogP contribution in [0.4, 0.5) is 0 Å². The molecule has 0 heterocycles. The van der Waals surface area contributed by atoms with Crippen LogP contribution < -0.4 is 0 Å². The van der Waals surface area contributed by atoms with E-state index in [1.165, 1.54) is 57.8 Å². The highest BCUT2D eigenvalue weighted by atomic mass is 14.1. The average molecular weight is 197 g/mol. The van der Waals surface area contributed by atoms with E-state index in [0.29, 0.717) is 0 Å². The van der Waals surface area contributed by atoms with Crippen molar-refractivity contribution in [1.82, 2.24) is 0 Å². The van der Waals surface area contributed by atoms with Crippen molar-refractivity contribution in [2.75, 3.05) is 0 Å². The lowest BCUT2D eigenvalue weighted by molar-refractivity contribution is 0.439. The Bertz CT molecular complexity index is 96.2. The fraction of sp³-hybridized carbons (Fsp3) is 0.929. The monoisotopic (exact) mass is 197 g/mol. The number of unbranched alkanes of at least 4 members (excludes halogenated alkanes) is 6. The fourth-order valence-electron chi connectivity index (χ4n) is 1.91. The molecule has 0 spiro atoms. The van der Waals surface area contributed by atoms with Crippen LogP contribution in [0, 0.1) is 12.8 Å². The predicted molar refractivity (Wildman–Crippen MR) is 66.4 cm³/mol. The SMILES string of the molecule is [CH2]CCCCC(C)CCCCCCC. The maximum absolute atomic E-state index is 3.88. The topological polar surface area (TPSA) is 0 Å². The second kappa shape index (κ2) is 11.1. The van der Waals surface area contributed by atoms with E-state index in [4.69, 9.17) is 0 Å². The minimum atomic E-state index is 0.947. The molecule has 0 aliphatic rings. The Hall–Kier alpha value is 0. The van der Waals surface area contributed by atoms with E-state index in [-0.39, 0.29) is 0 Å². The zero-order valence-electron chi connectivity index (χ0n) is 10.4. The Kier molecular flexibility index (Phi) is 11.1. The second-order valence-electron chi connectivity index (χ2n) is 4.66. The van der Waals surface area contributed by atoms with Crippen molar-refractivity contribution >= 4 is 0 Å². The van der Waals surface area contributed by atoms with Gasteiger partial charge in [-0.3, -0.25) is 0 Å². The van der Waals surface area contributed by atoms with E-state index in [1.54, 1.807) is 0 Å². The van der Waals surface area contributed by atoms with E-state index in [1.807, 2.05) is 0 Å². The molecule has 14 heavy (non-hydrogen) atoms. The molecule has 85 valence electrons. The van der Waals surface area contributed by atoms with Crippen LogP contribution in [0.3, 0.4) is 0 Å². The Morgan fingerprint density at radius 1 is 0.857 bits per heavy atom. The molecule has 0 rings (SSSR count). The highest BCUT2D eigenvalue weighted by molar-refractivity contribution is 4.55. The first-order chi connectivity index (χ1) is 6.81. The molecule has 1 unspecified atom stereocenters. The van der Waals surface area contributed by atoms with E-state index < -0.39 is 0 Å². The van der Waals surface area contributed by atoms with Crippen LogP contribution in [0.1, 0.15) is 78.1 Å². The molecule has 0 heteroatoms. The summed E-state index contributed by atoms with van der Waals surface area (Å²) in [6.45, 7) is 8.56. The summed E-state index contributed by atoms with van der Waals surface area (Å²) < 4.78 is 0.